The zero-order chi connectivity index (χ0) is 14.8. The number of aliphatic hydroxyl groups is 1. The van der Waals surface area contributed by atoms with Crippen molar-refractivity contribution in [3.05, 3.63) is 28.3 Å². The maximum Gasteiger partial charge on any atom is 0.457 e. The van der Waals surface area contributed by atoms with E-state index in [1.807, 2.05) is 5.92 Å². The smallest absolute Gasteiger partial charge is 0.457 e. The molecule has 104 valence electrons. The monoisotopic (exact) mass is 272 g/mol. The van der Waals surface area contributed by atoms with E-state index in [0.29, 0.717) is 16.9 Å². The lowest BCUT2D eigenvalue weighted by atomic mass is 9.95. The van der Waals surface area contributed by atoms with E-state index in [0.717, 1.165) is 17.0 Å². The summed E-state index contributed by atoms with van der Waals surface area (Å²) in [6.45, 7) is 5.26. The van der Waals surface area contributed by atoms with Crippen molar-refractivity contribution < 1.29 is 23.0 Å². The highest BCUT2D eigenvalue weighted by Gasteiger charge is 2.24. The number of ether oxygens (including phenoxy) is 1. The molecule has 0 radical (unpaired) electrons. The van der Waals surface area contributed by atoms with Gasteiger partial charge in [-0.05, 0) is 49.1 Å². The molecular formula is C14H15F3O2. The van der Waals surface area contributed by atoms with Crippen LogP contribution in [0, 0.1) is 32.6 Å². The Balaban J connectivity index is 3.25. The molecule has 0 saturated carbocycles. The predicted molar refractivity (Wildman–Crippen MR) is 66.0 cm³/mol. The van der Waals surface area contributed by atoms with Gasteiger partial charge in [-0.2, -0.15) is 13.2 Å². The molecule has 1 N–H and O–H groups in total. The Morgan fingerprint density at radius 3 is 2.26 bits per heavy atom. The summed E-state index contributed by atoms with van der Waals surface area (Å²) in [5.74, 6) is 3.56. The van der Waals surface area contributed by atoms with Gasteiger partial charge in [-0.1, -0.05) is 5.92 Å². The molecule has 0 saturated heterocycles. The first kappa shape index (κ1) is 15.4. The predicted octanol–water partition coefficient (Wildman–Crippen LogP) is 3.22. The Kier molecular flexibility index (Phi) is 4.48. The molecule has 0 spiro atoms. The Morgan fingerprint density at radius 1 is 1.21 bits per heavy atom. The van der Waals surface area contributed by atoms with E-state index >= 15 is 0 Å². The average molecular weight is 272 g/mol. The number of rotatable bonds is 2. The number of alkyl halides is 3. The van der Waals surface area contributed by atoms with E-state index in [-0.39, 0.29) is 0 Å². The lowest BCUT2D eigenvalue weighted by Gasteiger charge is -2.16. The van der Waals surface area contributed by atoms with Crippen molar-refractivity contribution in [3.8, 4) is 17.6 Å². The molecule has 1 aromatic carbocycles. The SMILES string of the molecule is COc1c(C)cc(C(O)C#CC(F)(F)F)c(C)c1C. The molecule has 0 bridgehead atoms. The molecule has 19 heavy (non-hydrogen) atoms. The number of aliphatic hydroxyl groups excluding tert-OH is 1. The largest absolute Gasteiger partial charge is 0.496 e. The van der Waals surface area contributed by atoms with Gasteiger partial charge < -0.3 is 9.84 Å². The minimum Gasteiger partial charge on any atom is -0.496 e. The second-order valence-electron chi connectivity index (χ2n) is 4.24. The minimum atomic E-state index is -4.61. The fraction of sp³-hybridized carbons (Fsp3) is 0.429. The van der Waals surface area contributed by atoms with Crippen molar-refractivity contribution in [1.29, 1.82) is 0 Å². The van der Waals surface area contributed by atoms with Gasteiger partial charge in [0, 0.05) is 5.92 Å². The molecule has 0 fully saturated rings. The number of methoxy groups -OCH3 is 1. The summed E-state index contributed by atoms with van der Waals surface area (Å²) in [4.78, 5) is 0. The zero-order valence-electron chi connectivity index (χ0n) is 11.1. The number of halogens is 3. The molecule has 1 atom stereocenters. The highest BCUT2D eigenvalue weighted by atomic mass is 19.4. The van der Waals surface area contributed by atoms with E-state index in [1.165, 1.54) is 7.11 Å². The maximum absolute atomic E-state index is 12.0. The van der Waals surface area contributed by atoms with Crippen LogP contribution in [0.15, 0.2) is 6.07 Å². The molecule has 0 aromatic heterocycles. The summed E-state index contributed by atoms with van der Waals surface area (Å²) in [7, 11) is 1.52. The van der Waals surface area contributed by atoms with E-state index in [9.17, 15) is 18.3 Å². The molecule has 5 heteroatoms. The van der Waals surface area contributed by atoms with E-state index in [1.54, 1.807) is 26.8 Å². The molecule has 0 heterocycles. The van der Waals surface area contributed by atoms with Crippen LogP contribution in [0.2, 0.25) is 0 Å². The zero-order valence-corrected chi connectivity index (χ0v) is 11.1. The van der Waals surface area contributed by atoms with Gasteiger partial charge in [0.1, 0.15) is 11.9 Å². The molecule has 0 aliphatic rings. The van der Waals surface area contributed by atoms with Crippen LogP contribution in [-0.2, 0) is 0 Å². The van der Waals surface area contributed by atoms with Crippen LogP contribution in [0.5, 0.6) is 5.75 Å². The maximum atomic E-state index is 12.0. The number of aryl methyl sites for hydroxylation is 1. The Morgan fingerprint density at radius 2 is 1.79 bits per heavy atom. The van der Waals surface area contributed by atoms with Crippen LogP contribution in [0.1, 0.15) is 28.4 Å². The third-order valence-electron chi connectivity index (χ3n) is 2.92. The van der Waals surface area contributed by atoms with Gasteiger partial charge in [-0.25, -0.2) is 0 Å². The standard InChI is InChI=1S/C14H15F3O2/c1-8-7-11(9(2)10(3)13(8)19-4)12(18)5-6-14(15,16)17/h7,12,18H,1-4H3. The number of hydrogen-bond acceptors (Lipinski definition) is 2. The second-order valence-corrected chi connectivity index (χ2v) is 4.24. The molecule has 1 rings (SSSR count). The summed E-state index contributed by atoms with van der Waals surface area (Å²) in [5, 5.41) is 9.76. The third kappa shape index (κ3) is 3.65. The molecule has 0 amide bonds. The van der Waals surface area contributed by atoms with Crippen molar-refractivity contribution in [3.63, 3.8) is 0 Å². The van der Waals surface area contributed by atoms with Crippen molar-refractivity contribution in [2.45, 2.75) is 33.1 Å². The van der Waals surface area contributed by atoms with Crippen LogP contribution >= 0.6 is 0 Å². The Hall–Kier alpha value is -1.67. The summed E-state index contributed by atoms with van der Waals surface area (Å²) in [5.41, 5.74) is 2.57. The topological polar surface area (TPSA) is 29.5 Å². The lowest BCUT2D eigenvalue weighted by Crippen LogP contribution is -2.06. The van der Waals surface area contributed by atoms with Crippen LogP contribution in [-0.4, -0.2) is 18.4 Å². The first-order chi connectivity index (χ1) is 8.67. The molecule has 2 nitrogen and oxygen atoms in total. The lowest BCUT2D eigenvalue weighted by molar-refractivity contribution is -0.0700. The van der Waals surface area contributed by atoms with Crippen LogP contribution < -0.4 is 4.74 Å². The summed E-state index contributed by atoms with van der Waals surface area (Å²) < 4.78 is 41.2. The Bertz CT molecular complexity index is 536. The fourth-order valence-corrected chi connectivity index (χ4v) is 1.92. The average Bonchev–Trinajstić information content (AvgIpc) is 2.30. The van der Waals surface area contributed by atoms with Gasteiger partial charge in [0.15, 0.2) is 0 Å². The van der Waals surface area contributed by atoms with Crippen LogP contribution in [0.3, 0.4) is 0 Å². The molecule has 0 aliphatic carbocycles. The van der Waals surface area contributed by atoms with E-state index in [4.69, 9.17) is 4.74 Å². The molecule has 0 aliphatic heterocycles. The quantitative estimate of drug-likeness (QED) is 0.838. The summed E-state index contributed by atoms with van der Waals surface area (Å²) in [6.07, 6.45) is -6.07. The van der Waals surface area contributed by atoms with Gasteiger partial charge in [0.25, 0.3) is 0 Å². The molecular weight excluding hydrogens is 257 g/mol. The number of hydrogen-bond donors (Lipinski definition) is 1. The van der Waals surface area contributed by atoms with Crippen molar-refractivity contribution in [1.82, 2.24) is 0 Å². The van der Waals surface area contributed by atoms with E-state index < -0.39 is 12.3 Å². The van der Waals surface area contributed by atoms with Crippen LogP contribution in [0.4, 0.5) is 13.2 Å². The van der Waals surface area contributed by atoms with Gasteiger partial charge in [0.05, 0.1) is 7.11 Å². The second kappa shape index (κ2) is 5.54. The van der Waals surface area contributed by atoms with Gasteiger partial charge >= 0.3 is 6.18 Å². The minimum absolute atomic E-state index is 0.368. The molecule has 1 unspecified atom stereocenters. The fourth-order valence-electron chi connectivity index (χ4n) is 1.92. The first-order valence-corrected chi connectivity index (χ1v) is 5.59. The normalized spacial score (nSPS) is 12.6. The number of benzene rings is 1. The van der Waals surface area contributed by atoms with Crippen molar-refractivity contribution >= 4 is 0 Å². The van der Waals surface area contributed by atoms with Gasteiger partial charge in [0.2, 0.25) is 0 Å². The molecule has 1 aromatic rings. The first-order valence-electron chi connectivity index (χ1n) is 5.59. The highest BCUT2D eigenvalue weighted by Crippen LogP contribution is 2.31. The highest BCUT2D eigenvalue weighted by molar-refractivity contribution is 5.50. The summed E-state index contributed by atoms with van der Waals surface area (Å²) in [6, 6.07) is 1.59. The summed E-state index contributed by atoms with van der Waals surface area (Å²) >= 11 is 0. The van der Waals surface area contributed by atoms with Crippen LogP contribution in [0.25, 0.3) is 0 Å². The van der Waals surface area contributed by atoms with Gasteiger partial charge in [-0.15, -0.1) is 0 Å². The van der Waals surface area contributed by atoms with Crippen molar-refractivity contribution in [2.75, 3.05) is 7.11 Å². The Labute approximate surface area is 110 Å². The van der Waals surface area contributed by atoms with Gasteiger partial charge in [-0.3, -0.25) is 0 Å². The van der Waals surface area contributed by atoms with E-state index in [2.05, 4.69) is 0 Å². The van der Waals surface area contributed by atoms with Crippen molar-refractivity contribution in [2.24, 2.45) is 0 Å². The third-order valence-corrected chi connectivity index (χ3v) is 2.92.